The third-order valence-corrected chi connectivity index (χ3v) is 4.19. The quantitative estimate of drug-likeness (QED) is 0.432. The first-order valence-electron chi connectivity index (χ1n) is 6.15. The Labute approximate surface area is 143 Å². The highest BCUT2D eigenvalue weighted by molar-refractivity contribution is 9.10. The number of nitrogens with one attached hydrogen (secondary N) is 2. The van der Waals surface area contributed by atoms with Crippen LogP contribution in [-0.2, 0) is 0 Å². The second-order valence-electron chi connectivity index (χ2n) is 4.38. The molecule has 0 aliphatic rings. The van der Waals surface area contributed by atoms with E-state index in [0.717, 1.165) is 32.1 Å². The predicted molar refractivity (Wildman–Crippen MR) is 90.2 cm³/mol. The highest BCUT2D eigenvalue weighted by atomic mass is 79.9. The van der Waals surface area contributed by atoms with Crippen molar-refractivity contribution >= 4 is 61.2 Å². The molecule has 0 radical (unpaired) electrons. The van der Waals surface area contributed by atoms with Crippen molar-refractivity contribution in [1.29, 1.82) is 0 Å². The van der Waals surface area contributed by atoms with Crippen LogP contribution in [0.1, 0.15) is 5.56 Å². The Morgan fingerprint density at radius 1 is 0.864 bits per heavy atom. The van der Waals surface area contributed by atoms with Gasteiger partial charge in [-0.15, -0.1) is 0 Å². The summed E-state index contributed by atoms with van der Waals surface area (Å²) in [7, 11) is 0. The first-order chi connectivity index (χ1) is 10.6. The van der Waals surface area contributed by atoms with Crippen LogP contribution in [0.2, 0.25) is 10.3 Å². The Bertz CT molecular complexity index is 870. The molecular formula is C13H9BrCl2N6. The largest absolute Gasteiger partial charge is 0.346 e. The maximum atomic E-state index is 5.83. The summed E-state index contributed by atoms with van der Waals surface area (Å²) in [5.74, 6) is 0. The van der Waals surface area contributed by atoms with E-state index in [0.29, 0.717) is 10.3 Å². The smallest absolute Gasteiger partial charge is 0.143 e. The minimum atomic E-state index is 0.461. The van der Waals surface area contributed by atoms with Crippen molar-refractivity contribution < 1.29 is 0 Å². The molecular weight excluding hydrogens is 391 g/mol. The molecule has 0 atom stereocenters. The summed E-state index contributed by atoms with van der Waals surface area (Å²) < 4.78 is 0.887. The number of aromatic nitrogens is 6. The Morgan fingerprint density at radius 2 is 1.41 bits per heavy atom. The number of halogens is 3. The lowest BCUT2D eigenvalue weighted by Crippen LogP contribution is -1.80. The number of nitrogens with zero attached hydrogens (tertiary/aromatic N) is 4. The third kappa shape index (κ3) is 2.79. The number of fused-ring (bicyclic) bond motifs is 2. The van der Waals surface area contributed by atoms with Gasteiger partial charge >= 0.3 is 0 Å². The van der Waals surface area contributed by atoms with Crippen molar-refractivity contribution in [3.05, 3.63) is 45.4 Å². The number of rotatable bonds is 0. The van der Waals surface area contributed by atoms with Gasteiger partial charge in [-0.1, -0.05) is 23.2 Å². The van der Waals surface area contributed by atoms with E-state index < -0.39 is 0 Å². The van der Waals surface area contributed by atoms with Gasteiger partial charge in [0.05, 0.1) is 10.8 Å². The van der Waals surface area contributed by atoms with E-state index in [2.05, 4.69) is 45.8 Å². The summed E-state index contributed by atoms with van der Waals surface area (Å²) in [5, 5.41) is 2.71. The molecule has 0 unspecified atom stereocenters. The molecule has 0 amide bonds. The molecule has 0 saturated carbocycles. The maximum absolute atomic E-state index is 5.83. The van der Waals surface area contributed by atoms with Gasteiger partial charge in [-0.25, -0.2) is 19.9 Å². The lowest BCUT2D eigenvalue weighted by atomic mass is 10.3. The first kappa shape index (κ1) is 15.2. The molecule has 112 valence electrons. The highest BCUT2D eigenvalue weighted by Gasteiger charge is 2.06. The van der Waals surface area contributed by atoms with Crippen LogP contribution >= 0.6 is 39.1 Å². The van der Waals surface area contributed by atoms with Gasteiger partial charge in [-0.05, 0) is 28.4 Å². The van der Waals surface area contributed by atoms with Crippen LogP contribution in [0.25, 0.3) is 22.1 Å². The number of hydrogen-bond acceptors (Lipinski definition) is 4. The van der Waals surface area contributed by atoms with Gasteiger partial charge in [-0.3, -0.25) is 0 Å². The van der Waals surface area contributed by atoms with E-state index in [1.54, 1.807) is 6.20 Å². The van der Waals surface area contributed by atoms with E-state index in [1.165, 1.54) is 12.7 Å². The molecule has 0 aliphatic heterocycles. The van der Waals surface area contributed by atoms with Crippen LogP contribution in [0.5, 0.6) is 0 Å². The number of H-pyrrole nitrogens is 2. The minimum Gasteiger partial charge on any atom is -0.346 e. The first-order valence-corrected chi connectivity index (χ1v) is 7.70. The summed E-state index contributed by atoms with van der Waals surface area (Å²) >= 11 is 15.0. The fourth-order valence-electron chi connectivity index (χ4n) is 1.96. The zero-order valence-electron chi connectivity index (χ0n) is 11.2. The van der Waals surface area contributed by atoms with E-state index in [9.17, 15) is 0 Å². The summed E-state index contributed by atoms with van der Waals surface area (Å²) in [6.07, 6.45) is 6.52. The summed E-state index contributed by atoms with van der Waals surface area (Å²) in [4.78, 5) is 21.7. The van der Waals surface area contributed by atoms with Gasteiger partial charge < -0.3 is 9.97 Å². The van der Waals surface area contributed by atoms with Gasteiger partial charge in [0, 0.05) is 16.9 Å². The van der Waals surface area contributed by atoms with Gasteiger partial charge in [0.1, 0.15) is 34.3 Å². The zero-order valence-corrected chi connectivity index (χ0v) is 14.3. The van der Waals surface area contributed by atoms with E-state index in [4.69, 9.17) is 23.2 Å². The standard InChI is InChI=1S/C7H6ClN3.C6H3BrClN3/c1-4-2-9-7-5(4)6(8)10-3-11-7;7-3-1-9-6-4(3)5(8)10-2-11-6/h2-3H,1H3,(H,9,10,11);1-2H,(H,9,10,11). The van der Waals surface area contributed by atoms with Crippen LogP contribution in [0.3, 0.4) is 0 Å². The molecule has 4 aromatic heterocycles. The van der Waals surface area contributed by atoms with Crippen molar-refractivity contribution in [1.82, 2.24) is 29.9 Å². The molecule has 2 N–H and O–H groups in total. The Balaban J connectivity index is 0.000000131. The van der Waals surface area contributed by atoms with Crippen LogP contribution in [0.4, 0.5) is 0 Å². The average Bonchev–Trinajstić information content (AvgIpc) is 3.06. The normalized spacial score (nSPS) is 10.7. The highest BCUT2D eigenvalue weighted by Crippen LogP contribution is 2.26. The van der Waals surface area contributed by atoms with Crippen LogP contribution in [-0.4, -0.2) is 29.9 Å². The van der Waals surface area contributed by atoms with Crippen molar-refractivity contribution in [3.63, 3.8) is 0 Å². The van der Waals surface area contributed by atoms with Crippen LogP contribution in [0.15, 0.2) is 29.5 Å². The van der Waals surface area contributed by atoms with Crippen LogP contribution < -0.4 is 0 Å². The molecule has 22 heavy (non-hydrogen) atoms. The molecule has 6 nitrogen and oxygen atoms in total. The summed E-state index contributed by atoms with van der Waals surface area (Å²) in [5.41, 5.74) is 2.62. The monoisotopic (exact) mass is 398 g/mol. The van der Waals surface area contributed by atoms with Crippen molar-refractivity contribution in [2.24, 2.45) is 0 Å². The fraction of sp³-hybridized carbons (Fsp3) is 0.0769. The number of aromatic amines is 2. The second-order valence-corrected chi connectivity index (χ2v) is 5.95. The molecule has 0 aliphatic carbocycles. The fourth-order valence-corrected chi connectivity index (χ4v) is 3.08. The average molecular weight is 400 g/mol. The molecule has 0 bridgehead atoms. The Morgan fingerprint density at radius 3 is 2.00 bits per heavy atom. The lowest BCUT2D eigenvalue weighted by Gasteiger charge is -1.91. The van der Waals surface area contributed by atoms with E-state index in [-0.39, 0.29) is 0 Å². The van der Waals surface area contributed by atoms with Crippen molar-refractivity contribution in [2.45, 2.75) is 6.92 Å². The molecule has 0 fully saturated rings. The van der Waals surface area contributed by atoms with Gasteiger partial charge in [-0.2, -0.15) is 0 Å². The van der Waals surface area contributed by atoms with Gasteiger partial charge in [0.2, 0.25) is 0 Å². The molecule has 0 aromatic carbocycles. The number of aryl methyl sites for hydroxylation is 1. The summed E-state index contributed by atoms with van der Waals surface area (Å²) in [6.45, 7) is 1.97. The minimum absolute atomic E-state index is 0.461. The van der Waals surface area contributed by atoms with Crippen molar-refractivity contribution in [2.75, 3.05) is 0 Å². The Hall–Kier alpha value is -1.70. The van der Waals surface area contributed by atoms with Crippen molar-refractivity contribution in [3.8, 4) is 0 Å². The molecule has 0 spiro atoms. The topological polar surface area (TPSA) is 83.1 Å². The van der Waals surface area contributed by atoms with E-state index >= 15 is 0 Å². The number of hydrogen-bond donors (Lipinski definition) is 2. The maximum Gasteiger partial charge on any atom is 0.143 e. The third-order valence-electron chi connectivity index (χ3n) is 3.00. The lowest BCUT2D eigenvalue weighted by molar-refractivity contribution is 1.20. The molecule has 0 saturated heterocycles. The predicted octanol–water partition coefficient (Wildman–Crippen LogP) is 4.29. The molecule has 4 aromatic rings. The molecule has 4 heterocycles. The van der Waals surface area contributed by atoms with Gasteiger partial charge in [0.25, 0.3) is 0 Å². The zero-order chi connectivity index (χ0) is 15.7. The Kier molecular flexibility index (Phi) is 4.28. The molecule has 9 heteroatoms. The van der Waals surface area contributed by atoms with Gasteiger partial charge in [0.15, 0.2) is 0 Å². The second kappa shape index (κ2) is 6.20. The SMILES string of the molecule is Cc1c[nH]c2ncnc(Cl)c12.Clc1ncnc2[nH]cc(Br)c12. The summed E-state index contributed by atoms with van der Waals surface area (Å²) in [6, 6.07) is 0. The molecule has 4 rings (SSSR count). The van der Waals surface area contributed by atoms with Crippen LogP contribution in [0, 0.1) is 6.92 Å². The van der Waals surface area contributed by atoms with E-state index in [1.807, 2.05) is 13.1 Å².